The van der Waals surface area contributed by atoms with E-state index in [2.05, 4.69) is 4.74 Å². The number of imide groups is 1. The fraction of sp³-hybridized carbons (Fsp3) is 0.375. The smallest absolute Gasteiger partial charge is 0.376 e. The van der Waals surface area contributed by atoms with Gasteiger partial charge in [-0.1, -0.05) is 31.9 Å². The molecule has 0 radical (unpaired) electrons. The molecule has 1 aliphatic rings. The van der Waals surface area contributed by atoms with E-state index in [0.29, 0.717) is 6.42 Å². The number of benzene rings is 1. The van der Waals surface area contributed by atoms with Crippen molar-refractivity contribution in [2.75, 3.05) is 7.11 Å². The van der Waals surface area contributed by atoms with Crippen LogP contribution in [0.1, 0.15) is 46.9 Å². The number of carbonyl (C=O) groups excluding carboxylic acids is 4. The molecule has 1 atom stereocenters. The van der Waals surface area contributed by atoms with Crippen LogP contribution < -0.4 is 0 Å². The number of fused-ring (bicyclic) bond motifs is 1. The van der Waals surface area contributed by atoms with E-state index < -0.39 is 29.6 Å². The molecule has 0 saturated carbocycles. The number of ether oxygens (including phenoxy) is 1. The van der Waals surface area contributed by atoms with Crippen LogP contribution in [0.25, 0.3) is 0 Å². The summed E-state index contributed by atoms with van der Waals surface area (Å²) in [6, 6.07) is 5.26. The van der Waals surface area contributed by atoms with Crippen LogP contribution in [-0.4, -0.2) is 41.6 Å². The lowest BCUT2D eigenvalue weighted by molar-refractivity contribution is -0.153. The summed E-state index contributed by atoms with van der Waals surface area (Å²) < 4.78 is 4.44. The number of hydrogen-bond donors (Lipinski definition) is 0. The van der Waals surface area contributed by atoms with Crippen molar-refractivity contribution in [3.8, 4) is 0 Å². The number of unbranched alkanes of at least 4 members (excludes halogenated alkanes) is 1. The van der Waals surface area contributed by atoms with Crippen molar-refractivity contribution >= 4 is 23.6 Å². The molecule has 0 aromatic heterocycles. The zero-order valence-electron chi connectivity index (χ0n) is 12.5. The van der Waals surface area contributed by atoms with Crippen LogP contribution in [0.4, 0.5) is 0 Å². The molecule has 1 aromatic rings. The first-order chi connectivity index (χ1) is 10.5. The number of ketones is 1. The third kappa shape index (κ3) is 2.64. The zero-order valence-corrected chi connectivity index (χ0v) is 12.5. The standard InChI is InChI=1S/C16H17NO5/c1-3-4-9-12(13(18)16(21)22-2)17-14(19)10-7-5-6-8-11(10)15(17)20/h5-8,12H,3-4,9H2,1-2H3. The molecule has 0 fully saturated rings. The van der Waals surface area contributed by atoms with Crippen molar-refractivity contribution in [1.82, 2.24) is 4.90 Å². The highest BCUT2D eigenvalue weighted by molar-refractivity contribution is 6.37. The lowest BCUT2D eigenvalue weighted by Gasteiger charge is -2.23. The maximum Gasteiger partial charge on any atom is 0.376 e. The molecule has 0 bridgehead atoms. The quantitative estimate of drug-likeness (QED) is 0.453. The second-order valence-corrected chi connectivity index (χ2v) is 5.04. The number of Topliss-reactive ketones (excluding diaryl/α,β-unsaturated/α-hetero) is 1. The van der Waals surface area contributed by atoms with Gasteiger partial charge >= 0.3 is 5.97 Å². The SMILES string of the molecule is CCCCC(C(=O)C(=O)OC)N1C(=O)c2ccccc2C1=O. The van der Waals surface area contributed by atoms with Gasteiger partial charge in [-0.15, -0.1) is 0 Å². The van der Waals surface area contributed by atoms with Crippen molar-refractivity contribution < 1.29 is 23.9 Å². The fourth-order valence-corrected chi connectivity index (χ4v) is 2.50. The predicted octanol–water partition coefficient (Wildman–Crippen LogP) is 1.58. The van der Waals surface area contributed by atoms with Gasteiger partial charge in [0.1, 0.15) is 6.04 Å². The highest BCUT2D eigenvalue weighted by Crippen LogP contribution is 2.26. The molecule has 1 heterocycles. The Bertz CT molecular complexity index is 602. The van der Waals surface area contributed by atoms with Crippen LogP contribution >= 0.6 is 0 Å². The Balaban J connectivity index is 2.37. The predicted molar refractivity (Wildman–Crippen MR) is 77.3 cm³/mol. The molecule has 6 heteroatoms. The fourth-order valence-electron chi connectivity index (χ4n) is 2.50. The monoisotopic (exact) mass is 303 g/mol. The van der Waals surface area contributed by atoms with Crippen LogP contribution in [0.5, 0.6) is 0 Å². The second-order valence-electron chi connectivity index (χ2n) is 5.04. The van der Waals surface area contributed by atoms with Gasteiger partial charge in [0.05, 0.1) is 18.2 Å². The second kappa shape index (κ2) is 6.51. The Kier molecular flexibility index (Phi) is 4.70. The number of nitrogens with zero attached hydrogens (tertiary/aromatic N) is 1. The molecule has 0 saturated heterocycles. The first kappa shape index (κ1) is 15.9. The highest BCUT2D eigenvalue weighted by Gasteiger charge is 2.44. The Morgan fingerprint density at radius 1 is 1.14 bits per heavy atom. The largest absolute Gasteiger partial charge is 0.463 e. The minimum Gasteiger partial charge on any atom is -0.463 e. The van der Waals surface area contributed by atoms with Gasteiger partial charge in [-0.25, -0.2) is 4.79 Å². The summed E-state index contributed by atoms with van der Waals surface area (Å²) in [5.41, 5.74) is 0.512. The molecule has 1 aliphatic heterocycles. The van der Waals surface area contributed by atoms with E-state index in [9.17, 15) is 19.2 Å². The molecule has 0 spiro atoms. The van der Waals surface area contributed by atoms with E-state index in [0.717, 1.165) is 18.4 Å². The molecule has 0 N–H and O–H groups in total. The first-order valence-corrected chi connectivity index (χ1v) is 7.12. The zero-order chi connectivity index (χ0) is 16.3. The van der Waals surface area contributed by atoms with Crippen molar-refractivity contribution in [2.45, 2.75) is 32.2 Å². The molecule has 2 amide bonds. The molecule has 1 aromatic carbocycles. The number of rotatable bonds is 6. The lowest BCUT2D eigenvalue weighted by Crippen LogP contribution is -2.47. The Labute approximate surface area is 128 Å². The van der Waals surface area contributed by atoms with Crippen LogP contribution in [0.3, 0.4) is 0 Å². The number of methoxy groups -OCH3 is 1. The van der Waals surface area contributed by atoms with Crippen molar-refractivity contribution in [2.24, 2.45) is 0 Å². The van der Waals surface area contributed by atoms with E-state index >= 15 is 0 Å². The average molecular weight is 303 g/mol. The minimum atomic E-state index is -1.11. The van der Waals surface area contributed by atoms with Gasteiger partial charge in [0, 0.05) is 0 Å². The average Bonchev–Trinajstić information content (AvgIpc) is 2.79. The van der Waals surface area contributed by atoms with Crippen LogP contribution in [0, 0.1) is 0 Å². The van der Waals surface area contributed by atoms with Gasteiger partial charge in [-0.05, 0) is 18.6 Å². The third-order valence-corrected chi connectivity index (χ3v) is 3.66. The normalized spacial score (nSPS) is 14.7. The molecule has 6 nitrogen and oxygen atoms in total. The minimum absolute atomic E-state index is 0.246. The topological polar surface area (TPSA) is 80.8 Å². The summed E-state index contributed by atoms with van der Waals surface area (Å²) in [4.78, 5) is 49.5. The maximum atomic E-state index is 12.4. The highest BCUT2D eigenvalue weighted by atomic mass is 16.5. The van der Waals surface area contributed by atoms with E-state index in [1.54, 1.807) is 12.1 Å². The number of carbonyl (C=O) groups is 4. The number of amides is 2. The van der Waals surface area contributed by atoms with E-state index in [-0.39, 0.29) is 17.5 Å². The van der Waals surface area contributed by atoms with Crippen molar-refractivity contribution in [3.05, 3.63) is 35.4 Å². The summed E-state index contributed by atoms with van der Waals surface area (Å²) in [5.74, 6) is -3.00. The van der Waals surface area contributed by atoms with Gasteiger partial charge in [0.2, 0.25) is 0 Å². The molecule has 116 valence electrons. The summed E-state index contributed by atoms with van der Waals surface area (Å²) in [7, 11) is 1.10. The number of hydrogen-bond acceptors (Lipinski definition) is 5. The van der Waals surface area contributed by atoms with Gasteiger partial charge in [0.25, 0.3) is 17.6 Å². The summed E-state index contributed by atoms with van der Waals surface area (Å²) in [6.07, 6.45) is 1.63. The summed E-state index contributed by atoms with van der Waals surface area (Å²) in [6.45, 7) is 1.92. The van der Waals surface area contributed by atoms with E-state index in [4.69, 9.17) is 0 Å². The van der Waals surface area contributed by atoms with Crippen LogP contribution in [-0.2, 0) is 14.3 Å². The van der Waals surface area contributed by atoms with E-state index in [1.807, 2.05) is 6.92 Å². The lowest BCUT2D eigenvalue weighted by atomic mass is 10.0. The number of esters is 1. The molecular weight excluding hydrogens is 286 g/mol. The Morgan fingerprint density at radius 2 is 1.68 bits per heavy atom. The molecule has 22 heavy (non-hydrogen) atoms. The van der Waals surface area contributed by atoms with Crippen LogP contribution in [0.2, 0.25) is 0 Å². The van der Waals surface area contributed by atoms with Gasteiger partial charge in [-0.3, -0.25) is 19.3 Å². The van der Waals surface area contributed by atoms with Crippen LogP contribution in [0.15, 0.2) is 24.3 Å². The van der Waals surface area contributed by atoms with E-state index in [1.165, 1.54) is 12.1 Å². The third-order valence-electron chi connectivity index (χ3n) is 3.66. The van der Waals surface area contributed by atoms with Gasteiger partial charge in [0.15, 0.2) is 0 Å². The van der Waals surface area contributed by atoms with Gasteiger partial charge in [-0.2, -0.15) is 0 Å². The maximum absolute atomic E-state index is 12.4. The molecular formula is C16H17NO5. The molecule has 0 aliphatic carbocycles. The first-order valence-electron chi connectivity index (χ1n) is 7.12. The molecule has 1 unspecified atom stereocenters. The summed E-state index contributed by atoms with van der Waals surface area (Å²) >= 11 is 0. The van der Waals surface area contributed by atoms with Crippen molar-refractivity contribution in [3.63, 3.8) is 0 Å². The van der Waals surface area contributed by atoms with Crippen molar-refractivity contribution in [1.29, 1.82) is 0 Å². The Hall–Kier alpha value is -2.50. The Morgan fingerprint density at radius 3 is 2.14 bits per heavy atom. The molecule has 2 rings (SSSR count). The summed E-state index contributed by atoms with van der Waals surface area (Å²) in [5, 5.41) is 0. The van der Waals surface area contributed by atoms with Gasteiger partial charge < -0.3 is 4.74 Å².